The number of sulfonamides is 1. The van der Waals surface area contributed by atoms with Crippen molar-refractivity contribution in [3.05, 3.63) is 83.7 Å². The van der Waals surface area contributed by atoms with Crippen molar-refractivity contribution < 1.29 is 18.0 Å². The normalized spacial score (nSPS) is 13.2. The van der Waals surface area contributed by atoms with Crippen LogP contribution in [0.25, 0.3) is 0 Å². The van der Waals surface area contributed by atoms with Crippen molar-refractivity contribution >= 4 is 33.2 Å². The van der Waals surface area contributed by atoms with Gasteiger partial charge in [0.05, 0.1) is 10.5 Å². The van der Waals surface area contributed by atoms with Crippen LogP contribution in [0.2, 0.25) is 0 Å². The molecule has 8 nitrogen and oxygen atoms in total. The van der Waals surface area contributed by atoms with Crippen LogP contribution in [0.3, 0.4) is 0 Å². The lowest BCUT2D eigenvalue weighted by Gasteiger charge is -2.17. The highest BCUT2D eigenvalue weighted by molar-refractivity contribution is 7.89. The van der Waals surface area contributed by atoms with Gasteiger partial charge in [0.1, 0.15) is 0 Å². The second-order valence-corrected chi connectivity index (χ2v) is 9.71. The van der Waals surface area contributed by atoms with Crippen molar-refractivity contribution in [2.45, 2.75) is 11.3 Å². The van der Waals surface area contributed by atoms with Crippen LogP contribution in [-0.2, 0) is 16.4 Å². The third-order valence-corrected chi connectivity index (χ3v) is 7.11. The molecule has 0 radical (unpaired) electrons. The standard InChI is InChI=1S/C23H22N4O4S/c1-26(2)32(30,31)20-8-5-16(6-9-20)22(28)25-19-7-10-21-17(14-19)11-13-27(21)23(29)18-4-3-12-24-15-18/h3-10,12,14-15H,11,13H2,1-2H3,(H,25,28). The van der Waals surface area contributed by atoms with Crippen LogP contribution in [0.5, 0.6) is 0 Å². The molecule has 0 saturated heterocycles. The molecule has 1 aliphatic rings. The predicted molar refractivity (Wildman–Crippen MR) is 121 cm³/mol. The fraction of sp³-hybridized carbons (Fsp3) is 0.174. The quantitative estimate of drug-likeness (QED) is 0.644. The van der Waals surface area contributed by atoms with E-state index in [1.165, 1.54) is 38.4 Å². The molecule has 1 aromatic heterocycles. The number of fused-ring (bicyclic) bond motifs is 1. The second-order valence-electron chi connectivity index (χ2n) is 7.56. The number of hydrogen-bond acceptors (Lipinski definition) is 5. The van der Waals surface area contributed by atoms with Crippen LogP contribution in [0, 0.1) is 0 Å². The van der Waals surface area contributed by atoms with Gasteiger partial charge in [-0.1, -0.05) is 0 Å². The number of amides is 2. The van der Waals surface area contributed by atoms with Gasteiger partial charge < -0.3 is 10.2 Å². The fourth-order valence-electron chi connectivity index (χ4n) is 3.53. The van der Waals surface area contributed by atoms with Crippen LogP contribution < -0.4 is 10.2 Å². The summed E-state index contributed by atoms with van der Waals surface area (Å²) in [4.78, 5) is 31.2. The lowest BCUT2D eigenvalue weighted by Crippen LogP contribution is -2.28. The zero-order valence-electron chi connectivity index (χ0n) is 17.6. The Hall–Kier alpha value is -3.56. The average Bonchev–Trinajstić information content (AvgIpc) is 3.22. The molecule has 1 aliphatic heterocycles. The largest absolute Gasteiger partial charge is 0.322 e. The van der Waals surface area contributed by atoms with E-state index in [0.717, 1.165) is 15.6 Å². The van der Waals surface area contributed by atoms with E-state index in [1.807, 2.05) is 12.1 Å². The van der Waals surface area contributed by atoms with Gasteiger partial charge in [-0.2, -0.15) is 0 Å². The fourth-order valence-corrected chi connectivity index (χ4v) is 4.43. The maximum absolute atomic E-state index is 12.8. The summed E-state index contributed by atoms with van der Waals surface area (Å²) in [6.07, 6.45) is 3.85. The number of rotatable bonds is 5. The summed E-state index contributed by atoms with van der Waals surface area (Å²) in [5.41, 5.74) is 3.26. The SMILES string of the molecule is CN(C)S(=O)(=O)c1ccc(C(=O)Nc2ccc3c(c2)CCN3C(=O)c2cccnc2)cc1. The molecule has 0 unspecified atom stereocenters. The number of aromatic nitrogens is 1. The molecule has 4 rings (SSSR count). The first-order valence-electron chi connectivity index (χ1n) is 9.96. The Morgan fingerprint density at radius 3 is 2.44 bits per heavy atom. The molecule has 2 heterocycles. The van der Waals surface area contributed by atoms with Gasteiger partial charge in [-0.3, -0.25) is 14.6 Å². The summed E-state index contributed by atoms with van der Waals surface area (Å²) in [6, 6.07) is 14.7. The minimum Gasteiger partial charge on any atom is -0.322 e. The third-order valence-electron chi connectivity index (χ3n) is 5.28. The number of carbonyl (C=O) groups is 2. The molecule has 0 bridgehead atoms. The Labute approximate surface area is 186 Å². The summed E-state index contributed by atoms with van der Waals surface area (Å²) in [7, 11) is -0.645. The molecular weight excluding hydrogens is 428 g/mol. The van der Waals surface area contributed by atoms with Gasteiger partial charge in [-0.15, -0.1) is 0 Å². The number of pyridine rings is 1. The molecule has 0 fully saturated rings. The Balaban J connectivity index is 1.48. The van der Waals surface area contributed by atoms with E-state index >= 15 is 0 Å². The molecule has 164 valence electrons. The highest BCUT2D eigenvalue weighted by Gasteiger charge is 2.26. The average molecular weight is 451 g/mol. The van der Waals surface area contributed by atoms with Crippen molar-refractivity contribution in [2.75, 3.05) is 30.9 Å². The number of benzene rings is 2. The highest BCUT2D eigenvalue weighted by Crippen LogP contribution is 2.31. The van der Waals surface area contributed by atoms with Crippen molar-refractivity contribution in [1.82, 2.24) is 9.29 Å². The molecule has 3 aromatic rings. The van der Waals surface area contributed by atoms with E-state index in [-0.39, 0.29) is 16.7 Å². The van der Waals surface area contributed by atoms with Crippen LogP contribution in [0.1, 0.15) is 26.3 Å². The van der Waals surface area contributed by atoms with Crippen molar-refractivity contribution in [2.24, 2.45) is 0 Å². The Morgan fingerprint density at radius 2 is 1.78 bits per heavy atom. The number of nitrogens with one attached hydrogen (secondary N) is 1. The summed E-state index contributed by atoms with van der Waals surface area (Å²) in [5, 5.41) is 2.83. The molecule has 2 amide bonds. The van der Waals surface area contributed by atoms with Crippen molar-refractivity contribution in [3.63, 3.8) is 0 Å². The molecule has 1 N–H and O–H groups in total. The smallest absolute Gasteiger partial charge is 0.259 e. The Morgan fingerprint density at radius 1 is 1.03 bits per heavy atom. The Kier molecular flexibility index (Phi) is 5.77. The number of nitrogens with zero attached hydrogens (tertiary/aromatic N) is 3. The minimum absolute atomic E-state index is 0.110. The van der Waals surface area contributed by atoms with Gasteiger partial charge in [0.2, 0.25) is 10.0 Å². The summed E-state index contributed by atoms with van der Waals surface area (Å²) in [5.74, 6) is -0.457. The first-order chi connectivity index (χ1) is 15.3. The third kappa shape index (κ3) is 4.12. The van der Waals surface area contributed by atoms with E-state index in [4.69, 9.17) is 0 Å². The molecular formula is C23H22N4O4S. The number of carbonyl (C=O) groups excluding carboxylic acids is 2. The van der Waals surface area contributed by atoms with Crippen molar-refractivity contribution in [1.29, 1.82) is 0 Å². The molecule has 0 aliphatic carbocycles. The van der Waals surface area contributed by atoms with Gasteiger partial charge in [0.25, 0.3) is 11.8 Å². The zero-order valence-corrected chi connectivity index (χ0v) is 18.5. The molecule has 2 aromatic carbocycles. The maximum Gasteiger partial charge on any atom is 0.259 e. The van der Waals surface area contributed by atoms with E-state index in [2.05, 4.69) is 10.3 Å². The van der Waals surface area contributed by atoms with Gasteiger partial charge >= 0.3 is 0 Å². The van der Waals surface area contributed by atoms with Gasteiger partial charge in [0.15, 0.2) is 0 Å². The lowest BCUT2D eigenvalue weighted by molar-refractivity contribution is 0.0987. The van der Waals surface area contributed by atoms with Gasteiger partial charge in [-0.25, -0.2) is 12.7 Å². The van der Waals surface area contributed by atoms with E-state index in [1.54, 1.807) is 35.5 Å². The topological polar surface area (TPSA) is 99.7 Å². The number of anilines is 2. The minimum atomic E-state index is -3.55. The van der Waals surface area contributed by atoms with E-state index in [0.29, 0.717) is 29.8 Å². The predicted octanol–water partition coefficient (Wildman–Crippen LogP) is 2.79. The van der Waals surface area contributed by atoms with Crippen LogP contribution in [0.15, 0.2) is 71.9 Å². The lowest BCUT2D eigenvalue weighted by atomic mass is 10.1. The number of hydrogen-bond donors (Lipinski definition) is 1. The molecule has 0 saturated carbocycles. The summed E-state index contributed by atoms with van der Waals surface area (Å²) in [6.45, 7) is 0.558. The summed E-state index contributed by atoms with van der Waals surface area (Å²) < 4.78 is 25.5. The van der Waals surface area contributed by atoms with Crippen molar-refractivity contribution in [3.8, 4) is 0 Å². The highest BCUT2D eigenvalue weighted by atomic mass is 32.2. The van der Waals surface area contributed by atoms with Gasteiger partial charge in [0, 0.05) is 50.0 Å². The molecule has 32 heavy (non-hydrogen) atoms. The summed E-state index contributed by atoms with van der Waals surface area (Å²) >= 11 is 0. The second kappa shape index (κ2) is 8.52. The molecule has 0 spiro atoms. The molecule has 9 heteroatoms. The van der Waals surface area contributed by atoms with Crippen LogP contribution in [-0.4, -0.2) is 50.2 Å². The first-order valence-corrected chi connectivity index (χ1v) is 11.4. The van der Waals surface area contributed by atoms with E-state index < -0.39 is 10.0 Å². The molecule has 0 atom stereocenters. The first kappa shape index (κ1) is 21.7. The zero-order chi connectivity index (χ0) is 22.9. The van der Waals surface area contributed by atoms with Crippen LogP contribution in [0.4, 0.5) is 11.4 Å². The van der Waals surface area contributed by atoms with Crippen LogP contribution >= 0.6 is 0 Å². The van der Waals surface area contributed by atoms with E-state index in [9.17, 15) is 18.0 Å². The van der Waals surface area contributed by atoms with Gasteiger partial charge in [-0.05, 0) is 66.6 Å². The maximum atomic E-state index is 12.8. The Bertz CT molecular complexity index is 1270. The monoisotopic (exact) mass is 450 g/mol.